The van der Waals surface area contributed by atoms with Crippen molar-refractivity contribution in [2.24, 2.45) is 0 Å². The fraction of sp³-hybridized carbons (Fsp3) is 0. The van der Waals surface area contributed by atoms with Crippen LogP contribution in [0.1, 0.15) is 0 Å². The van der Waals surface area contributed by atoms with E-state index in [4.69, 9.17) is 11.6 Å². The van der Waals surface area contributed by atoms with Crippen LogP contribution in [0.15, 0.2) is 18.3 Å². The molecule has 0 spiro atoms. The van der Waals surface area contributed by atoms with E-state index in [1.54, 1.807) is 0 Å². The average Bonchev–Trinajstić information content (AvgIpc) is 2.15. The van der Waals surface area contributed by atoms with Crippen molar-refractivity contribution in [1.82, 2.24) is 9.97 Å². The van der Waals surface area contributed by atoms with Crippen LogP contribution in [0, 0.1) is 15.9 Å². The summed E-state index contributed by atoms with van der Waals surface area (Å²) in [6, 6.07) is 1.84. The number of rotatable bonds is 1. The van der Waals surface area contributed by atoms with Gasteiger partial charge >= 0.3 is 0 Å². The lowest BCUT2D eigenvalue weighted by atomic mass is 10.2. The number of benzene rings is 1. The van der Waals surface area contributed by atoms with Gasteiger partial charge in [0.25, 0.3) is 5.69 Å². The fourth-order valence-corrected chi connectivity index (χ4v) is 1.33. The maximum Gasteiger partial charge on any atom is 0.299 e. The van der Waals surface area contributed by atoms with Crippen molar-refractivity contribution >= 4 is 28.3 Å². The van der Waals surface area contributed by atoms with Gasteiger partial charge in [0.15, 0.2) is 5.52 Å². The molecule has 15 heavy (non-hydrogen) atoms. The second-order valence-corrected chi connectivity index (χ2v) is 3.13. The zero-order valence-electron chi connectivity index (χ0n) is 7.15. The highest BCUT2D eigenvalue weighted by Crippen LogP contribution is 2.24. The Bertz CT molecular complexity index is 556. The lowest BCUT2D eigenvalue weighted by Gasteiger charge is -1.98. The van der Waals surface area contributed by atoms with E-state index < -0.39 is 16.4 Å². The summed E-state index contributed by atoms with van der Waals surface area (Å²) in [6.07, 6.45) is 1.18. The van der Waals surface area contributed by atoms with Gasteiger partial charge < -0.3 is 0 Å². The number of aromatic nitrogens is 2. The molecule has 0 aliphatic heterocycles. The Balaban J connectivity index is 2.86. The minimum absolute atomic E-state index is 0.0193. The summed E-state index contributed by atoms with van der Waals surface area (Å²) in [7, 11) is 0. The van der Waals surface area contributed by atoms with Crippen LogP contribution in [0.2, 0.25) is 5.15 Å². The predicted octanol–water partition coefficient (Wildman–Crippen LogP) is 2.33. The van der Waals surface area contributed by atoms with Gasteiger partial charge in [0.1, 0.15) is 16.5 Å². The highest BCUT2D eigenvalue weighted by molar-refractivity contribution is 6.29. The molecule has 0 fully saturated rings. The van der Waals surface area contributed by atoms with Crippen molar-refractivity contribution in [1.29, 1.82) is 0 Å². The van der Waals surface area contributed by atoms with Gasteiger partial charge in [0.05, 0.1) is 17.2 Å². The zero-order valence-corrected chi connectivity index (χ0v) is 7.90. The van der Waals surface area contributed by atoms with Gasteiger partial charge in [0, 0.05) is 6.07 Å². The summed E-state index contributed by atoms with van der Waals surface area (Å²) in [5.41, 5.74) is -0.339. The van der Waals surface area contributed by atoms with Crippen LogP contribution in [-0.2, 0) is 0 Å². The number of nitrogens with zero attached hydrogens (tertiary/aromatic N) is 3. The second kappa shape index (κ2) is 3.39. The predicted molar refractivity (Wildman–Crippen MR) is 51.2 cm³/mol. The third-order valence-corrected chi connectivity index (χ3v) is 1.94. The number of hydrogen-bond donors (Lipinski definition) is 0. The monoisotopic (exact) mass is 227 g/mol. The molecule has 0 atom stereocenters. The Hall–Kier alpha value is -1.82. The number of fused-ring (bicyclic) bond motifs is 1. The molecular formula is C8H3ClFN3O2. The van der Waals surface area contributed by atoms with Crippen molar-refractivity contribution in [2.45, 2.75) is 0 Å². The minimum atomic E-state index is -0.745. The van der Waals surface area contributed by atoms with Crippen molar-refractivity contribution in [3.8, 4) is 0 Å². The van der Waals surface area contributed by atoms with Crippen molar-refractivity contribution in [3.05, 3.63) is 39.4 Å². The Morgan fingerprint density at radius 1 is 1.47 bits per heavy atom. The summed E-state index contributed by atoms with van der Waals surface area (Å²) >= 11 is 5.54. The molecule has 0 amide bonds. The normalized spacial score (nSPS) is 10.5. The summed E-state index contributed by atoms with van der Waals surface area (Å²) < 4.78 is 13.0. The van der Waals surface area contributed by atoms with Gasteiger partial charge in [-0.2, -0.15) is 0 Å². The average molecular weight is 228 g/mol. The zero-order chi connectivity index (χ0) is 11.0. The Morgan fingerprint density at radius 2 is 2.20 bits per heavy atom. The summed E-state index contributed by atoms with van der Waals surface area (Å²) in [5.74, 6) is -0.745. The van der Waals surface area contributed by atoms with Crippen LogP contribution in [0.25, 0.3) is 11.0 Å². The molecule has 5 nitrogen and oxygen atoms in total. The molecule has 2 aromatic rings. The minimum Gasteiger partial charge on any atom is -0.258 e. The smallest absolute Gasteiger partial charge is 0.258 e. The van der Waals surface area contributed by atoms with Gasteiger partial charge in [-0.1, -0.05) is 11.6 Å². The molecule has 2 rings (SSSR count). The molecule has 76 valence electrons. The molecule has 0 N–H and O–H groups in total. The molecule has 1 aromatic heterocycles. The molecule has 0 unspecified atom stereocenters. The Kier molecular flexibility index (Phi) is 2.20. The molecule has 0 aliphatic carbocycles. The van der Waals surface area contributed by atoms with Gasteiger partial charge in [-0.25, -0.2) is 14.4 Å². The highest BCUT2D eigenvalue weighted by atomic mass is 35.5. The first kappa shape index (κ1) is 9.72. The molecular weight excluding hydrogens is 225 g/mol. The Morgan fingerprint density at radius 3 is 2.87 bits per heavy atom. The van der Waals surface area contributed by atoms with Crippen LogP contribution < -0.4 is 0 Å². The lowest BCUT2D eigenvalue weighted by Crippen LogP contribution is -1.94. The van der Waals surface area contributed by atoms with Crippen molar-refractivity contribution in [3.63, 3.8) is 0 Å². The lowest BCUT2D eigenvalue weighted by molar-refractivity contribution is -0.383. The van der Waals surface area contributed by atoms with E-state index in [1.807, 2.05) is 0 Å². The first-order valence-electron chi connectivity index (χ1n) is 3.84. The van der Waals surface area contributed by atoms with Crippen LogP contribution in [0.5, 0.6) is 0 Å². The third kappa shape index (κ3) is 1.71. The molecule has 0 radical (unpaired) electrons. The Labute approximate surface area is 87.7 Å². The largest absolute Gasteiger partial charge is 0.299 e. The number of hydrogen-bond acceptors (Lipinski definition) is 4. The van der Waals surface area contributed by atoms with E-state index in [0.717, 1.165) is 12.1 Å². The molecule has 0 bridgehead atoms. The van der Waals surface area contributed by atoms with E-state index >= 15 is 0 Å². The van der Waals surface area contributed by atoms with Crippen LogP contribution in [-0.4, -0.2) is 14.9 Å². The van der Waals surface area contributed by atoms with E-state index in [-0.39, 0.29) is 16.2 Å². The fourth-order valence-electron chi connectivity index (χ4n) is 1.19. The van der Waals surface area contributed by atoms with E-state index in [0.29, 0.717) is 0 Å². The standard InChI is InChI=1S/C8H3ClFN3O2/c9-7-3-11-8-5(12-7)1-4(10)2-6(8)13(14)15/h1-3H. The van der Waals surface area contributed by atoms with E-state index in [1.165, 1.54) is 6.20 Å². The molecule has 0 saturated heterocycles. The second-order valence-electron chi connectivity index (χ2n) is 2.74. The third-order valence-electron chi connectivity index (χ3n) is 1.76. The van der Waals surface area contributed by atoms with Gasteiger partial charge in [-0.05, 0) is 0 Å². The van der Waals surface area contributed by atoms with Crippen molar-refractivity contribution in [2.75, 3.05) is 0 Å². The molecule has 0 saturated carbocycles. The summed E-state index contributed by atoms with van der Waals surface area (Å²) in [5, 5.41) is 10.6. The quantitative estimate of drug-likeness (QED) is 0.554. The molecule has 1 heterocycles. The van der Waals surface area contributed by atoms with E-state index in [2.05, 4.69) is 9.97 Å². The summed E-state index contributed by atoms with van der Waals surface area (Å²) in [4.78, 5) is 17.4. The van der Waals surface area contributed by atoms with Crippen LogP contribution >= 0.6 is 11.6 Å². The topological polar surface area (TPSA) is 68.9 Å². The van der Waals surface area contributed by atoms with Gasteiger partial charge in [-0.3, -0.25) is 10.1 Å². The first-order valence-corrected chi connectivity index (χ1v) is 4.22. The maximum atomic E-state index is 13.0. The van der Waals surface area contributed by atoms with Crippen LogP contribution in [0.4, 0.5) is 10.1 Å². The molecule has 0 aliphatic rings. The molecule has 1 aromatic carbocycles. The number of halogens is 2. The first-order chi connectivity index (χ1) is 7.08. The number of nitro benzene ring substituents is 1. The maximum absolute atomic E-state index is 13.0. The molecule has 7 heteroatoms. The number of non-ortho nitro benzene ring substituents is 1. The highest BCUT2D eigenvalue weighted by Gasteiger charge is 2.16. The van der Waals surface area contributed by atoms with Crippen LogP contribution in [0.3, 0.4) is 0 Å². The summed E-state index contributed by atoms with van der Waals surface area (Å²) in [6.45, 7) is 0. The van der Waals surface area contributed by atoms with E-state index in [9.17, 15) is 14.5 Å². The van der Waals surface area contributed by atoms with Gasteiger partial charge in [0.2, 0.25) is 0 Å². The van der Waals surface area contributed by atoms with Gasteiger partial charge in [-0.15, -0.1) is 0 Å². The van der Waals surface area contributed by atoms with Crippen molar-refractivity contribution < 1.29 is 9.31 Å². The SMILES string of the molecule is O=[N+]([O-])c1cc(F)cc2nc(Cl)cnc12. The number of nitro groups is 1.